The molecule has 0 spiro atoms. The molecule has 21 heavy (non-hydrogen) atoms. The highest BCUT2D eigenvalue weighted by Gasteiger charge is 2.23. The van der Waals surface area contributed by atoms with Crippen LogP contribution in [0.1, 0.15) is 56.5 Å². The normalized spacial score (nSPS) is 11.5. The van der Waals surface area contributed by atoms with Crippen molar-refractivity contribution in [1.82, 2.24) is 9.78 Å². The van der Waals surface area contributed by atoms with E-state index in [0.717, 1.165) is 11.4 Å². The molecule has 0 fully saturated rings. The third-order valence-electron chi connectivity index (χ3n) is 3.66. The van der Waals surface area contributed by atoms with Crippen molar-refractivity contribution in [2.45, 2.75) is 53.5 Å². The molecule has 0 aliphatic rings. The second-order valence-corrected chi connectivity index (χ2v) is 6.34. The molecule has 1 aromatic carbocycles. The zero-order chi connectivity index (χ0) is 15.7. The van der Waals surface area contributed by atoms with Crippen molar-refractivity contribution in [2.24, 2.45) is 0 Å². The van der Waals surface area contributed by atoms with Gasteiger partial charge in [-0.2, -0.15) is 0 Å². The summed E-state index contributed by atoms with van der Waals surface area (Å²) < 4.78 is 7.66. The van der Waals surface area contributed by atoms with E-state index >= 15 is 0 Å². The molecule has 0 unspecified atom stereocenters. The summed E-state index contributed by atoms with van der Waals surface area (Å²) in [5.41, 5.74) is 6.10. The van der Waals surface area contributed by atoms with Gasteiger partial charge in [0.2, 0.25) is 5.88 Å². The Morgan fingerprint density at radius 3 is 2.00 bits per heavy atom. The first-order valence-electron chi connectivity index (χ1n) is 7.60. The van der Waals surface area contributed by atoms with Crippen LogP contribution < -0.4 is 4.74 Å². The first-order chi connectivity index (χ1) is 9.85. The van der Waals surface area contributed by atoms with Crippen molar-refractivity contribution < 1.29 is 4.74 Å². The third kappa shape index (κ3) is 2.97. The van der Waals surface area contributed by atoms with E-state index in [9.17, 15) is 0 Å². The minimum atomic E-state index is 0.316. The summed E-state index contributed by atoms with van der Waals surface area (Å²) in [5, 5.41) is 4.68. The topological polar surface area (TPSA) is 27.1 Å². The van der Waals surface area contributed by atoms with E-state index in [1.807, 2.05) is 0 Å². The lowest BCUT2D eigenvalue weighted by Crippen LogP contribution is -2.09. The Balaban J connectivity index is 2.76. The highest BCUT2D eigenvalue weighted by Crippen LogP contribution is 2.38. The number of hydrogen-bond acceptors (Lipinski definition) is 2. The van der Waals surface area contributed by atoms with Crippen LogP contribution >= 0.6 is 0 Å². The van der Waals surface area contributed by atoms with Gasteiger partial charge in [-0.3, -0.25) is 4.68 Å². The molecule has 114 valence electrons. The number of aryl methyl sites for hydroxylation is 2. The van der Waals surface area contributed by atoms with Crippen molar-refractivity contribution in [3.8, 4) is 17.0 Å². The molecule has 0 amide bonds. The van der Waals surface area contributed by atoms with E-state index in [4.69, 9.17) is 4.74 Å². The maximum atomic E-state index is 5.57. The van der Waals surface area contributed by atoms with Crippen LogP contribution in [-0.4, -0.2) is 16.9 Å². The first kappa shape index (κ1) is 15.6. The zero-order valence-corrected chi connectivity index (χ0v) is 14.2. The molecule has 1 aromatic heterocycles. The average Bonchev–Trinajstić information content (AvgIpc) is 2.77. The van der Waals surface area contributed by atoms with Gasteiger partial charge in [0, 0.05) is 6.04 Å². The quantitative estimate of drug-likeness (QED) is 0.801. The molecule has 3 nitrogen and oxygen atoms in total. The van der Waals surface area contributed by atoms with Gasteiger partial charge >= 0.3 is 0 Å². The van der Waals surface area contributed by atoms with Crippen molar-refractivity contribution >= 4 is 0 Å². The van der Waals surface area contributed by atoms with Crippen LogP contribution in [0.4, 0.5) is 0 Å². The number of aromatic nitrogens is 2. The molecule has 1 heterocycles. The Bertz CT molecular complexity index is 619. The number of hydrogen-bond donors (Lipinski definition) is 0. The maximum absolute atomic E-state index is 5.57. The van der Waals surface area contributed by atoms with Gasteiger partial charge in [0.1, 0.15) is 0 Å². The van der Waals surface area contributed by atoms with Gasteiger partial charge < -0.3 is 4.74 Å². The summed E-state index contributed by atoms with van der Waals surface area (Å²) in [7, 11) is 1.70. The van der Waals surface area contributed by atoms with Crippen molar-refractivity contribution in [3.63, 3.8) is 0 Å². The summed E-state index contributed by atoms with van der Waals surface area (Å²) in [6.45, 7) is 13.0. The molecule has 0 atom stereocenters. The van der Waals surface area contributed by atoms with Crippen LogP contribution in [0, 0.1) is 13.8 Å². The van der Waals surface area contributed by atoms with Crippen LogP contribution in [0.2, 0.25) is 0 Å². The first-order valence-corrected chi connectivity index (χ1v) is 7.60. The van der Waals surface area contributed by atoms with E-state index in [2.05, 4.69) is 69.5 Å². The molecule has 0 N–H and O–H groups in total. The number of rotatable bonds is 4. The molecule has 0 aliphatic heterocycles. The van der Waals surface area contributed by atoms with Gasteiger partial charge in [0.05, 0.1) is 18.4 Å². The van der Waals surface area contributed by atoms with Gasteiger partial charge in [-0.05, 0) is 39.2 Å². The van der Waals surface area contributed by atoms with Gasteiger partial charge in [-0.25, -0.2) is 0 Å². The second kappa shape index (κ2) is 5.92. The Morgan fingerprint density at radius 2 is 1.57 bits per heavy atom. The summed E-state index contributed by atoms with van der Waals surface area (Å²) in [4.78, 5) is 0. The summed E-state index contributed by atoms with van der Waals surface area (Å²) in [6.07, 6.45) is 0. The second-order valence-electron chi connectivity index (χ2n) is 6.34. The molecular weight excluding hydrogens is 260 g/mol. The van der Waals surface area contributed by atoms with Gasteiger partial charge in [-0.1, -0.05) is 43.2 Å². The predicted molar refractivity (Wildman–Crippen MR) is 88.2 cm³/mol. The van der Waals surface area contributed by atoms with Gasteiger partial charge in [-0.15, -0.1) is 5.10 Å². The molecule has 0 aliphatic carbocycles. The fourth-order valence-corrected chi connectivity index (χ4v) is 2.91. The molecule has 2 rings (SSSR count). The molecular formula is C18H26N2O. The summed E-state index contributed by atoms with van der Waals surface area (Å²) in [6, 6.07) is 6.93. The summed E-state index contributed by atoms with van der Waals surface area (Å²) in [5.74, 6) is 1.11. The van der Waals surface area contributed by atoms with Crippen molar-refractivity contribution in [1.29, 1.82) is 0 Å². The zero-order valence-electron chi connectivity index (χ0n) is 14.2. The van der Waals surface area contributed by atoms with Crippen LogP contribution in [0.3, 0.4) is 0 Å². The highest BCUT2D eigenvalue weighted by atomic mass is 16.5. The van der Waals surface area contributed by atoms with Gasteiger partial charge in [0.25, 0.3) is 0 Å². The maximum Gasteiger partial charge on any atom is 0.240 e. The smallest absolute Gasteiger partial charge is 0.240 e. The number of ether oxygens (including phenoxy) is 1. The predicted octanol–water partition coefficient (Wildman–Crippen LogP) is 4.88. The van der Waals surface area contributed by atoms with Crippen LogP contribution in [0.25, 0.3) is 11.1 Å². The lowest BCUT2D eigenvalue weighted by molar-refractivity contribution is 0.382. The number of methoxy groups -OCH3 is 1. The van der Waals surface area contributed by atoms with E-state index in [1.165, 1.54) is 22.4 Å². The molecule has 0 saturated heterocycles. The third-order valence-corrected chi connectivity index (χ3v) is 3.66. The van der Waals surface area contributed by atoms with E-state index in [1.54, 1.807) is 7.11 Å². The van der Waals surface area contributed by atoms with Gasteiger partial charge in [0.15, 0.2) is 0 Å². The van der Waals surface area contributed by atoms with Crippen molar-refractivity contribution in [2.75, 3.05) is 7.11 Å². The minimum Gasteiger partial charge on any atom is -0.479 e. The van der Waals surface area contributed by atoms with Crippen LogP contribution in [0.5, 0.6) is 5.88 Å². The highest BCUT2D eigenvalue weighted by molar-refractivity contribution is 5.73. The Hall–Kier alpha value is -1.77. The van der Waals surface area contributed by atoms with Crippen LogP contribution in [0.15, 0.2) is 18.2 Å². The number of benzene rings is 1. The fourth-order valence-electron chi connectivity index (χ4n) is 2.91. The molecule has 3 heteroatoms. The van der Waals surface area contributed by atoms with E-state index < -0.39 is 0 Å². The number of nitrogens with zero attached hydrogens (tertiary/aromatic N) is 2. The average molecular weight is 286 g/mol. The lowest BCUT2D eigenvalue weighted by Gasteiger charge is -2.15. The van der Waals surface area contributed by atoms with Crippen LogP contribution in [-0.2, 0) is 0 Å². The molecule has 0 saturated carbocycles. The summed E-state index contributed by atoms with van der Waals surface area (Å²) >= 11 is 0. The van der Waals surface area contributed by atoms with E-state index in [0.29, 0.717) is 12.0 Å². The SMILES string of the molecule is COc1nn(C(C)C)c(C(C)C)c1-c1cc(C)cc(C)c1. The fraction of sp³-hybridized carbons (Fsp3) is 0.500. The standard InChI is InChI=1S/C18H26N2O/c1-11(2)17-16(15-9-13(5)8-14(6)10-15)18(21-7)19-20(17)12(3)4/h8-12H,1-7H3. The Kier molecular flexibility index (Phi) is 4.40. The largest absolute Gasteiger partial charge is 0.479 e. The van der Waals surface area contributed by atoms with Crippen molar-refractivity contribution in [3.05, 3.63) is 35.0 Å². The minimum absolute atomic E-state index is 0.316. The lowest BCUT2D eigenvalue weighted by atomic mass is 9.96. The monoisotopic (exact) mass is 286 g/mol. The van der Waals surface area contributed by atoms with E-state index in [-0.39, 0.29) is 0 Å². The molecule has 0 radical (unpaired) electrons. The molecule has 2 aromatic rings. The molecule has 0 bridgehead atoms. The Labute approximate surface area is 127 Å². The Morgan fingerprint density at radius 1 is 1.00 bits per heavy atom.